The van der Waals surface area contributed by atoms with Crippen molar-refractivity contribution in [3.63, 3.8) is 0 Å². The van der Waals surface area contributed by atoms with E-state index >= 15 is 0 Å². The average molecular weight is 272 g/mol. The Labute approximate surface area is 121 Å². The summed E-state index contributed by atoms with van der Waals surface area (Å²) >= 11 is 0. The number of aromatic amines is 1. The third-order valence-corrected chi connectivity index (χ3v) is 3.59. The Bertz CT molecular complexity index is 607. The lowest BCUT2D eigenvalue weighted by molar-refractivity contribution is 0.0750. The lowest BCUT2D eigenvalue weighted by atomic mass is 10.1. The maximum Gasteiger partial charge on any atom is 0.270 e. The van der Waals surface area contributed by atoms with Crippen LogP contribution in [0.5, 0.6) is 0 Å². The Morgan fingerprint density at radius 1 is 1.10 bits per heavy atom. The molecule has 2 aromatic rings. The predicted octanol–water partition coefficient (Wildman–Crippen LogP) is 4.05. The SMILES string of the molecule is CCCN(CCC)C(=O)c1cc2c(C)cc(C)cc2[nH]1. The highest BCUT2D eigenvalue weighted by Gasteiger charge is 2.17. The van der Waals surface area contributed by atoms with E-state index in [1.165, 1.54) is 11.1 Å². The first-order valence-corrected chi connectivity index (χ1v) is 7.46. The fraction of sp³-hybridized carbons (Fsp3) is 0.471. The summed E-state index contributed by atoms with van der Waals surface area (Å²) in [4.78, 5) is 17.8. The van der Waals surface area contributed by atoms with Crippen molar-refractivity contribution < 1.29 is 4.79 Å². The van der Waals surface area contributed by atoms with Gasteiger partial charge in [0, 0.05) is 24.0 Å². The first kappa shape index (κ1) is 14.6. The van der Waals surface area contributed by atoms with Gasteiger partial charge in [0.15, 0.2) is 0 Å². The van der Waals surface area contributed by atoms with Crippen molar-refractivity contribution in [2.45, 2.75) is 40.5 Å². The van der Waals surface area contributed by atoms with Crippen LogP contribution < -0.4 is 0 Å². The van der Waals surface area contributed by atoms with Crippen LogP contribution in [0.3, 0.4) is 0 Å². The van der Waals surface area contributed by atoms with Crippen LogP contribution in [-0.2, 0) is 0 Å². The molecule has 1 aromatic carbocycles. The molecule has 0 saturated heterocycles. The zero-order valence-electron chi connectivity index (χ0n) is 12.9. The molecule has 0 atom stereocenters. The fourth-order valence-electron chi connectivity index (χ4n) is 2.74. The Morgan fingerprint density at radius 2 is 1.75 bits per heavy atom. The number of aryl methyl sites for hydroxylation is 2. The van der Waals surface area contributed by atoms with Crippen LogP contribution >= 0.6 is 0 Å². The van der Waals surface area contributed by atoms with Gasteiger partial charge in [-0.3, -0.25) is 4.79 Å². The second-order valence-corrected chi connectivity index (χ2v) is 5.52. The molecule has 0 spiro atoms. The fourth-order valence-corrected chi connectivity index (χ4v) is 2.74. The highest BCUT2D eigenvalue weighted by atomic mass is 16.2. The number of H-pyrrole nitrogens is 1. The number of carbonyl (C=O) groups is 1. The van der Waals surface area contributed by atoms with Crippen molar-refractivity contribution in [2.24, 2.45) is 0 Å². The third-order valence-electron chi connectivity index (χ3n) is 3.59. The van der Waals surface area contributed by atoms with Gasteiger partial charge in [-0.05, 0) is 49.9 Å². The summed E-state index contributed by atoms with van der Waals surface area (Å²) in [5.74, 6) is 0.113. The minimum absolute atomic E-state index is 0.113. The van der Waals surface area contributed by atoms with Crippen molar-refractivity contribution in [3.05, 3.63) is 35.0 Å². The van der Waals surface area contributed by atoms with Crippen LogP contribution in [0.2, 0.25) is 0 Å². The van der Waals surface area contributed by atoms with Crippen LogP contribution in [0.25, 0.3) is 10.9 Å². The molecule has 108 valence electrons. The number of hydrogen-bond donors (Lipinski definition) is 1. The van der Waals surface area contributed by atoms with Gasteiger partial charge in [-0.1, -0.05) is 19.9 Å². The normalized spacial score (nSPS) is 11.0. The molecule has 0 bridgehead atoms. The lowest BCUT2D eigenvalue weighted by Gasteiger charge is -2.20. The Morgan fingerprint density at radius 3 is 2.35 bits per heavy atom. The molecule has 0 unspecified atom stereocenters. The molecule has 0 radical (unpaired) electrons. The van der Waals surface area contributed by atoms with Crippen molar-refractivity contribution in [1.82, 2.24) is 9.88 Å². The van der Waals surface area contributed by atoms with Gasteiger partial charge < -0.3 is 9.88 Å². The molecular formula is C17H24N2O. The average Bonchev–Trinajstić information content (AvgIpc) is 2.81. The van der Waals surface area contributed by atoms with Crippen LogP contribution in [0, 0.1) is 13.8 Å². The van der Waals surface area contributed by atoms with Gasteiger partial charge in [0.25, 0.3) is 5.91 Å². The van der Waals surface area contributed by atoms with Gasteiger partial charge >= 0.3 is 0 Å². The number of aromatic nitrogens is 1. The van der Waals surface area contributed by atoms with E-state index < -0.39 is 0 Å². The maximum atomic E-state index is 12.6. The Kier molecular flexibility index (Phi) is 4.48. The van der Waals surface area contributed by atoms with E-state index in [1.807, 2.05) is 11.0 Å². The first-order chi connectivity index (χ1) is 9.56. The zero-order valence-corrected chi connectivity index (χ0v) is 12.9. The first-order valence-electron chi connectivity index (χ1n) is 7.46. The maximum absolute atomic E-state index is 12.6. The molecule has 0 aliphatic carbocycles. The summed E-state index contributed by atoms with van der Waals surface area (Å²) in [7, 11) is 0. The third kappa shape index (κ3) is 2.87. The summed E-state index contributed by atoms with van der Waals surface area (Å²) in [6, 6.07) is 6.24. The van der Waals surface area contributed by atoms with E-state index in [0.717, 1.165) is 36.8 Å². The molecule has 1 aromatic heterocycles. The number of amides is 1. The molecule has 0 aliphatic heterocycles. The molecule has 0 aliphatic rings. The number of nitrogens with zero attached hydrogens (tertiary/aromatic N) is 1. The van der Waals surface area contributed by atoms with Gasteiger partial charge in [-0.15, -0.1) is 0 Å². The monoisotopic (exact) mass is 272 g/mol. The number of nitrogens with one attached hydrogen (secondary N) is 1. The Balaban J connectivity index is 2.36. The number of carbonyl (C=O) groups excluding carboxylic acids is 1. The summed E-state index contributed by atoms with van der Waals surface area (Å²) in [6.45, 7) is 10.0. The zero-order chi connectivity index (χ0) is 14.7. The van der Waals surface area contributed by atoms with E-state index in [2.05, 4.69) is 44.8 Å². The molecule has 2 rings (SSSR count). The van der Waals surface area contributed by atoms with Gasteiger partial charge in [0.2, 0.25) is 0 Å². The molecule has 3 heteroatoms. The lowest BCUT2D eigenvalue weighted by Crippen LogP contribution is -2.32. The number of benzene rings is 1. The Hall–Kier alpha value is -1.77. The van der Waals surface area contributed by atoms with E-state index in [1.54, 1.807) is 0 Å². The van der Waals surface area contributed by atoms with Crippen molar-refractivity contribution in [3.8, 4) is 0 Å². The number of rotatable bonds is 5. The van der Waals surface area contributed by atoms with Crippen LogP contribution in [0.15, 0.2) is 18.2 Å². The molecule has 1 heterocycles. The second-order valence-electron chi connectivity index (χ2n) is 5.52. The molecule has 0 saturated carbocycles. The largest absolute Gasteiger partial charge is 0.351 e. The van der Waals surface area contributed by atoms with E-state index in [4.69, 9.17) is 0 Å². The summed E-state index contributed by atoms with van der Waals surface area (Å²) < 4.78 is 0. The summed E-state index contributed by atoms with van der Waals surface area (Å²) in [5.41, 5.74) is 4.19. The van der Waals surface area contributed by atoms with Crippen LogP contribution in [0.4, 0.5) is 0 Å². The summed E-state index contributed by atoms with van der Waals surface area (Å²) in [5, 5.41) is 1.15. The van der Waals surface area contributed by atoms with E-state index in [-0.39, 0.29) is 5.91 Å². The van der Waals surface area contributed by atoms with Gasteiger partial charge in [0.05, 0.1) is 0 Å². The van der Waals surface area contributed by atoms with Crippen molar-refractivity contribution >= 4 is 16.8 Å². The molecule has 0 fully saturated rings. The van der Waals surface area contributed by atoms with Crippen LogP contribution in [0.1, 0.15) is 48.3 Å². The van der Waals surface area contributed by atoms with Crippen molar-refractivity contribution in [1.29, 1.82) is 0 Å². The standard InChI is InChI=1S/C17H24N2O/c1-5-7-19(8-6-2)17(20)16-11-14-13(4)9-12(3)10-15(14)18-16/h9-11,18H,5-8H2,1-4H3. The number of hydrogen-bond acceptors (Lipinski definition) is 1. The molecule has 1 amide bonds. The molecule has 1 N–H and O–H groups in total. The molecule has 3 nitrogen and oxygen atoms in total. The topological polar surface area (TPSA) is 36.1 Å². The quantitative estimate of drug-likeness (QED) is 0.876. The summed E-state index contributed by atoms with van der Waals surface area (Å²) in [6.07, 6.45) is 1.98. The minimum atomic E-state index is 0.113. The molecule has 20 heavy (non-hydrogen) atoms. The highest BCUT2D eigenvalue weighted by Crippen LogP contribution is 2.22. The number of fused-ring (bicyclic) bond motifs is 1. The van der Waals surface area contributed by atoms with Gasteiger partial charge in [-0.25, -0.2) is 0 Å². The predicted molar refractivity (Wildman–Crippen MR) is 84.3 cm³/mol. The smallest absolute Gasteiger partial charge is 0.270 e. The van der Waals surface area contributed by atoms with Crippen LogP contribution in [-0.4, -0.2) is 28.9 Å². The minimum Gasteiger partial charge on any atom is -0.351 e. The van der Waals surface area contributed by atoms with E-state index in [0.29, 0.717) is 5.69 Å². The highest BCUT2D eigenvalue weighted by molar-refractivity contribution is 5.99. The van der Waals surface area contributed by atoms with Gasteiger partial charge in [-0.2, -0.15) is 0 Å². The van der Waals surface area contributed by atoms with Gasteiger partial charge in [0.1, 0.15) is 5.69 Å². The molecular weight excluding hydrogens is 248 g/mol. The van der Waals surface area contributed by atoms with Crippen molar-refractivity contribution in [2.75, 3.05) is 13.1 Å². The second kappa shape index (κ2) is 6.12. The van der Waals surface area contributed by atoms with E-state index in [9.17, 15) is 4.79 Å².